The topological polar surface area (TPSA) is 111 Å². The number of aliphatic carboxylic acids is 1. The van der Waals surface area contributed by atoms with E-state index >= 15 is 0 Å². The van der Waals surface area contributed by atoms with Crippen molar-refractivity contribution in [1.29, 1.82) is 0 Å². The van der Waals surface area contributed by atoms with Gasteiger partial charge in [0.1, 0.15) is 0 Å². The van der Waals surface area contributed by atoms with Crippen LogP contribution in [0.15, 0.2) is 85.1 Å². The van der Waals surface area contributed by atoms with Crippen molar-refractivity contribution in [3.8, 4) is 0 Å². The van der Waals surface area contributed by atoms with E-state index in [1.807, 2.05) is 6.08 Å². The average Bonchev–Trinajstić information content (AvgIpc) is 2.97. The van der Waals surface area contributed by atoms with Crippen molar-refractivity contribution in [2.45, 2.75) is 64.3 Å². The number of allylic oxidation sites excluding steroid dienone is 12. The molecule has 1 rings (SSSR count). The highest BCUT2D eigenvalue weighted by molar-refractivity contribution is 5.93. The Morgan fingerprint density at radius 2 is 1.22 bits per heavy atom. The average molecular weight is 567 g/mol. The first-order valence-corrected chi connectivity index (χ1v) is 14.8. The predicted molar refractivity (Wildman–Crippen MR) is 168 cm³/mol. The molecule has 1 unspecified atom stereocenters. The lowest BCUT2D eigenvalue weighted by Gasteiger charge is -2.35. The van der Waals surface area contributed by atoms with E-state index in [9.17, 15) is 14.4 Å². The van der Waals surface area contributed by atoms with Crippen LogP contribution < -0.4 is 16.0 Å². The molecule has 1 saturated heterocycles. The number of piperazine rings is 1. The summed E-state index contributed by atoms with van der Waals surface area (Å²) in [5, 5.41) is 17.7. The zero-order valence-corrected chi connectivity index (χ0v) is 24.7. The van der Waals surface area contributed by atoms with E-state index < -0.39 is 11.9 Å². The van der Waals surface area contributed by atoms with E-state index in [2.05, 4.69) is 94.6 Å². The Morgan fingerprint density at radius 1 is 0.732 bits per heavy atom. The van der Waals surface area contributed by atoms with E-state index in [0.717, 1.165) is 76.9 Å². The lowest BCUT2D eigenvalue weighted by atomic mass is 10.2. The summed E-state index contributed by atoms with van der Waals surface area (Å²) in [7, 11) is 0. The van der Waals surface area contributed by atoms with Gasteiger partial charge >= 0.3 is 5.97 Å². The van der Waals surface area contributed by atoms with Crippen molar-refractivity contribution >= 4 is 17.8 Å². The first kappa shape index (κ1) is 35.5. The Hall–Kier alpha value is -3.49. The summed E-state index contributed by atoms with van der Waals surface area (Å²) in [6, 6.07) is -0.0610. The number of nitrogens with zero attached hydrogens (tertiary/aromatic N) is 1. The van der Waals surface area contributed by atoms with Gasteiger partial charge in [-0.2, -0.15) is 0 Å². The molecule has 8 nitrogen and oxygen atoms in total. The maximum Gasteiger partial charge on any atom is 0.328 e. The van der Waals surface area contributed by atoms with Crippen LogP contribution in [-0.2, 0) is 14.4 Å². The van der Waals surface area contributed by atoms with Gasteiger partial charge in [0.25, 0.3) is 0 Å². The van der Waals surface area contributed by atoms with Crippen molar-refractivity contribution in [3.63, 3.8) is 0 Å². The van der Waals surface area contributed by atoms with Gasteiger partial charge in [0.2, 0.25) is 11.8 Å². The summed E-state index contributed by atoms with van der Waals surface area (Å²) in [4.78, 5) is 37.0. The number of carboxylic acids is 1. The minimum absolute atomic E-state index is 0.0261. The number of hydrogen-bond acceptors (Lipinski definition) is 5. The summed E-state index contributed by atoms with van der Waals surface area (Å²) in [6.45, 7) is 6.23. The first-order chi connectivity index (χ1) is 20.0. The maximum absolute atomic E-state index is 12.4. The van der Waals surface area contributed by atoms with Gasteiger partial charge in [0.05, 0.1) is 0 Å². The number of amides is 2. The lowest BCUT2D eigenvalue weighted by molar-refractivity contribution is -0.131. The fraction of sp³-hybridized carbons (Fsp3) is 0.485. The molecular formula is C33H50N4O4. The molecule has 1 atom stereocenters. The van der Waals surface area contributed by atoms with Crippen molar-refractivity contribution < 1.29 is 19.5 Å². The van der Waals surface area contributed by atoms with Crippen LogP contribution >= 0.6 is 0 Å². The van der Waals surface area contributed by atoms with Crippen LogP contribution in [0.1, 0.15) is 58.3 Å². The van der Waals surface area contributed by atoms with Gasteiger partial charge < -0.3 is 21.1 Å². The Labute approximate surface area is 246 Å². The highest BCUT2D eigenvalue weighted by Crippen LogP contribution is 2.02. The highest BCUT2D eigenvalue weighted by atomic mass is 16.4. The molecule has 0 spiro atoms. The first-order valence-electron chi connectivity index (χ1n) is 14.8. The summed E-state index contributed by atoms with van der Waals surface area (Å²) < 4.78 is 0. The van der Waals surface area contributed by atoms with Crippen LogP contribution in [0.2, 0.25) is 0 Å². The molecule has 0 aliphatic carbocycles. The van der Waals surface area contributed by atoms with Crippen molar-refractivity contribution in [2.24, 2.45) is 0 Å². The Kier molecular flexibility index (Phi) is 22.1. The normalized spacial score (nSPS) is 15.9. The van der Waals surface area contributed by atoms with E-state index in [1.165, 1.54) is 0 Å². The lowest BCUT2D eigenvalue weighted by Crippen LogP contribution is -2.55. The van der Waals surface area contributed by atoms with Gasteiger partial charge in [-0.05, 0) is 44.9 Å². The summed E-state index contributed by atoms with van der Waals surface area (Å²) in [5.41, 5.74) is 0. The fourth-order valence-corrected chi connectivity index (χ4v) is 3.98. The molecule has 226 valence electrons. The molecule has 0 radical (unpaired) electrons. The number of carbonyl (C=O) groups is 3. The van der Waals surface area contributed by atoms with Gasteiger partial charge in [-0.15, -0.1) is 0 Å². The van der Waals surface area contributed by atoms with Crippen LogP contribution in [0.5, 0.6) is 0 Å². The van der Waals surface area contributed by atoms with E-state index in [-0.39, 0.29) is 11.9 Å². The van der Waals surface area contributed by atoms with Crippen LogP contribution in [-0.4, -0.2) is 73.1 Å². The van der Waals surface area contributed by atoms with Gasteiger partial charge in [0.15, 0.2) is 0 Å². The fourth-order valence-electron chi connectivity index (χ4n) is 3.98. The molecule has 8 heteroatoms. The van der Waals surface area contributed by atoms with Gasteiger partial charge in [-0.25, -0.2) is 4.79 Å². The Bertz CT molecular complexity index is 941. The van der Waals surface area contributed by atoms with Crippen LogP contribution in [0, 0.1) is 0 Å². The van der Waals surface area contributed by atoms with Gasteiger partial charge in [-0.1, -0.05) is 79.8 Å². The molecule has 0 aromatic heterocycles. The second-order valence-corrected chi connectivity index (χ2v) is 9.61. The van der Waals surface area contributed by atoms with Crippen LogP contribution in [0.4, 0.5) is 0 Å². The summed E-state index contributed by atoms with van der Waals surface area (Å²) in [5.74, 6) is -1.66. The molecule has 0 aromatic carbocycles. The molecule has 0 saturated carbocycles. The summed E-state index contributed by atoms with van der Waals surface area (Å²) >= 11 is 0. The van der Waals surface area contributed by atoms with Crippen molar-refractivity contribution in [3.05, 3.63) is 85.1 Å². The number of hydrogen-bond donors (Lipinski definition) is 4. The number of nitrogens with one attached hydrogen (secondary N) is 3. The zero-order valence-electron chi connectivity index (χ0n) is 24.7. The molecule has 1 fully saturated rings. The number of carboxylic acid groups (broad SMARTS) is 1. The second-order valence-electron chi connectivity index (χ2n) is 9.61. The molecule has 1 heterocycles. The van der Waals surface area contributed by atoms with Crippen LogP contribution in [0.25, 0.3) is 0 Å². The Morgan fingerprint density at radius 3 is 1.73 bits per heavy atom. The van der Waals surface area contributed by atoms with Gasteiger partial charge in [0, 0.05) is 63.9 Å². The molecular weight excluding hydrogens is 516 g/mol. The van der Waals surface area contributed by atoms with E-state index in [4.69, 9.17) is 5.11 Å². The van der Waals surface area contributed by atoms with Crippen LogP contribution in [0.3, 0.4) is 0 Å². The minimum Gasteiger partial charge on any atom is -0.478 e. The third-order valence-corrected chi connectivity index (χ3v) is 6.23. The van der Waals surface area contributed by atoms with Crippen molar-refractivity contribution in [2.75, 3.05) is 39.3 Å². The molecule has 2 amide bonds. The molecule has 0 aromatic rings. The molecule has 0 bridgehead atoms. The molecule has 41 heavy (non-hydrogen) atoms. The third-order valence-electron chi connectivity index (χ3n) is 6.23. The van der Waals surface area contributed by atoms with Gasteiger partial charge in [-0.3, -0.25) is 14.5 Å². The smallest absolute Gasteiger partial charge is 0.328 e. The minimum atomic E-state index is -1.17. The third kappa shape index (κ3) is 21.9. The predicted octanol–water partition coefficient (Wildman–Crippen LogP) is 4.61. The molecule has 1 aliphatic heterocycles. The molecule has 4 N–H and O–H groups in total. The Balaban J connectivity index is 2.19. The van der Waals surface area contributed by atoms with E-state index in [1.54, 1.807) is 0 Å². The second kappa shape index (κ2) is 25.5. The zero-order chi connectivity index (χ0) is 29.8. The van der Waals surface area contributed by atoms with E-state index in [0.29, 0.717) is 25.9 Å². The standard InChI is InChI=1S/C33H50N4O4/c1-2-3-4-5-6-7-8-9-10-11-12-13-14-15-16-17-18-19-20-21-31(38)35-28-30(37-26-24-34-25-27-37)29-36-32(39)22-23-33(40)41/h3-4,6-7,9-10,12-13,15-16,18-19,22-23,30,34H,2,5,8,11,14,17,20-21,24-29H2,1H3,(H,35,38)(H,36,39)(H,40,41). The number of rotatable bonds is 21. The molecule has 1 aliphatic rings. The van der Waals surface area contributed by atoms with Crippen molar-refractivity contribution in [1.82, 2.24) is 20.9 Å². The highest BCUT2D eigenvalue weighted by Gasteiger charge is 2.21. The SMILES string of the molecule is CCC=CCC=CCC=CCC=CCC=CCC=CCCC(=O)NCC(CNC(=O)C=CC(=O)O)N1CCNCC1. The quantitative estimate of drug-likeness (QED) is 0.119. The monoisotopic (exact) mass is 566 g/mol. The number of carbonyl (C=O) groups excluding carboxylic acids is 2. The summed E-state index contributed by atoms with van der Waals surface area (Å²) in [6.07, 6.45) is 34.6. The maximum atomic E-state index is 12.4. The largest absolute Gasteiger partial charge is 0.478 e.